The molecule has 0 aliphatic carbocycles. The summed E-state index contributed by atoms with van der Waals surface area (Å²) in [6, 6.07) is 7.99. The zero-order chi connectivity index (χ0) is 16.1. The molecule has 0 radical (unpaired) electrons. The number of hydrogen-bond donors (Lipinski definition) is 2. The SMILES string of the molecule is O[C@H]1[C@@H](O)COC[C@@H]1n1c2ccc(F)cc2c2cc(F)ccc21. The molecule has 2 aromatic carbocycles. The molecule has 0 unspecified atom stereocenters. The van der Waals surface area contributed by atoms with Gasteiger partial charge in [0.05, 0.1) is 19.3 Å². The lowest BCUT2D eigenvalue weighted by Crippen LogP contribution is -2.44. The molecule has 1 fully saturated rings. The van der Waals surface area contributed by atoms with Crippen molar-refractivity contribution in [3.05, 3.63) is 48.0 Å². The molecule has 3 aromatic rings. The summed E-state index contributed by atoms with van der Waals surface area (Å²) in [5.41, 5.74) is 1.32. The van der Waals surface area contributed by atoms with Crippen LogP contribution in [0.3, 0.4) is 0 Å². The second-order valence-corrected chi connectivity index (χ2v) is 5.86. The first-order valence-electron chi connectivity index (χ1n) is 7.39. The Labute approximate surface area is 130 Å². The standard InChI is InChI=1S/C17H15F2NO3/c18-9-1-3-13-11(5-9)12-6-10(19)2-4-14(12)20(13)15-7-23-8-16(21)17(15)22/h1-6,15-17,21-22H,7-8H2/t15-,16-,17+/m0/s1. The van der Waals surface area contributed by atoms with E-state index in [0.717, 1.165) is 0 Å². The van der Waals surface area contributed by atoms with E-state index in [4.69, 9.17) is 4.74 Å². The summed E-state index contributed by atoms with van der Waals surface area (Å²) in [5.74, 6) is -0.831. The summed E-state index contributed by atoms with van der Waals surface area (Å²) in [5, 5.41) is 21.3. The largest absolute Gasteiger partial charge is 0.388 e. The monoisotopic (exact) mass is 319 g/mol. The predicted octanol–water partition coefficient (Wildman–Crippen LogP) is 2.37. The van der Waals surface area contributed by atoms with E-state index in [1.54, 1.807) is 16.7 Å². The lowest BCUT2D eigenvalue weighted by molar-refractivity contribution is -0.113. The van der Waals surface area contributed by atoms with Crippen LogP contribution in [0.15, 0.2) is 36.4 Å². The van der Waals surface area contributed by atoms with Gasteiger partial charge >= 0.3 is 0 Å². The van der Waals surface area contributed by atoms with Crippen LogP contribution in [0, 0.1) is 11.6 Å². The Hall–Kier alpha value is -2.02. The van der Waals surface area contributed by atoms with E-state index in [1.807, 2.05) is 0 Å². The number of aliphatic hydroxyl groups excluding tert-OH is 2. The molecule has 0 amide bonds. The molecule has 4 nitrogen and oxygen atoms in total. The number of ether oxygens (including phenoxy) is 1. The van der Waals surface area contributed by atoms with Gasteiger partial charge in [-0.1, -0.05) is 0 Å². The van der Waals surface area contributed by atoms with Crippen LogP contribution in [0.25, 0.3) is 21.8 Å². The summed E-state index contributed by atoms with van der Waals surface area (Å²) in [6.45, 7) is 0.282. The lowest BCUT2D eigenvalue weighted by Gasteiger charge is -2.33. The Bertz CT molecular complexity index is 833. The number of halogens is 2. The number of aliphatic hydroxyl groups is 2. The second kappa shape index (κ2) is 5.26. The van der Waals surface area contributed by atoms with Crippen LogP contribution in [0.2, 0.25) is 0 Å². The summed E-state index contributed by atoms with van der Waals surface area (Å²) >= 11 is 0. The number of hydrogen-bond acceptors (Lipinski definition) is 3. The molecule has 0 bridgehead atoms. The highest BCUT2D eigenvalue weighted by atomic mass is 19.1. The molecule has 1 saturated heterocycles. The van der Waals surface area contributed by atoms with Gasteiger partial charge in [0.25, 0.3) is 0 Å². The molecule has 0 saturated carbocycles. The zero-order valence-corrected chi connectivity index (χ0v) is 12.1. The quantitative estimate of drug-likeness (QED) is 0.724. The average Bonchev–Trinajstić information content (AvgIpc) is 2.83. The lowest BCUT2D eigenvalue weighted by atomic mass is 10.0. The Morgan fingerprint density at radius 2 is 1.48 bits per heavy atom. The van der Waals surface area contributed by atoms with E-state index in [2.05, 4.69) is 0 Å². The number of aromatic nitrogens is 1. The first-order chi connectivity index (χ1) is 11.1. The minimum atomic E-state index is -1.02. The maximum Gasteiger partial charge on any atom is 0.123 e. The van der Waals surface area contributed by atoms with Crippen LogP contribution < -0.4 is 0 Å². The van der Waals surface area contributed by atoms with Gasteiger partial charge in [-0.2, -0.15) is 0 Å². The van der Waals surface area contributed by atoms with Gasteiger partial charge in [0.2, 0.25) is 0 Å². The van der Waals surface area contributed by atoms with Gasteiger partial charge in [-0.25, -0.2) is 8.78 Å². The molecule has 1 aliphatic heterocycles. The molecule has 6 heteroatoms. The molecular formula is C17H15F2NO3. The van der Waals surface area contributed by atoms with Crippen molar-refractivity contribution in [3.63, 3.8) is 0 Å². The highest BCUT2D eigenvalue weighted by Crippen LogP contribution is 2.35. The molecule has 0 spiro atoms. The van der Waals surface area contributed by atoms with Crippen molar-refractivity contribution < 1.29 is 23.7 Å². The fourth-order valence-corrected chi connectivity index (χ4v) is 3.35. The first kappa shape index (κ1) is 14.6. The van der Waals surface area contributed by atoms with Crippen molar-refractivity contribution >= 4 is 21.8 Å². The topological polar surface area (TPSA) is 54.6 Å². The Morgan fingerprint density at radius 3 is 2.04 bits per heavy atom. The summed E-state index contributed by atoms with van der Waals surface area (Å²) < 4.78 is 34.4. The van der Waals surface area contributed by atoms with Crippen molar-refractivity contribution in [2.45, 2.75) is 18.2 Å². The van der Waals surface area contributed by atoms with E-state index in [9.17, 15) is 19.0 Å². The minimum absolute atomic E-state index is 0.0675. The van der Waals surface area contributed by atoms with Gasteiger partial charge in [0.1, 0.15) is 23.8 Å². The molecule has 2 N–H and O–H groups in total. The number of benzene rings is 2. The van der Waals surface area contributed by atoms with Gasteiger partial charge in [-0.05, 0) is 36.4 Å². The molecule has 1 aromatic heterocycles. The number of fused-ring (bicyclic) bond motifs is 3. The summed E-state index contributed by atoms with van der Waals surface area (Å²) in [7, 11) is 0. The van der Waals surface area contributed by atoms with E-state index in [-0.39, 0.29) is 13.2 Å². The molecular weight excluding hydrogens is 304 g/mol. The van der Waals surface area contributed by atoms with Gasteiger partial charge in [-0.3, -0.25) is 0 Å². The molecule has 4 rings (SSSR count). The maximum atomic E-state index is 13.6. The van der Waals surface area contributed by atoms with E-state index in [0.29, 0.717) is 21.8 Å². The van der Waals surface area contributed by atoms with Gasteiger partial charge in [0.15, 0.2) is 0 Å². The Morgan fingerprint density at radius 1 is 0.913 bits per heavy atom. The van der Waals surface area contributed by atoms with Crippen molar-refractivity contribution in [2.75, 3.05) is 13.2 Å². The van der Waals surface area contributed by atoms with Crippen LogP contribution in [0.5, 0.6) is 0 Å². The number of nitrogens with zero attached hydrogens (tertiary/aromatic N) is 1. The molecule has 2 heterocycles. The zero-order valence-electron chi connectivity index (χ0n) is 12.1. The van der Waals surface area contributed by atoms with Crippen LogP contribution in [0.1, 0.15) is 6.04 Å². The van der Waals surface area contributed by atoms with Crippen molar-refractivity contribution in [1.82, 2.24) is 4.57 Å². The van der Waals surface area contributed by atoms with Gasteiger partial charge in [-0.15, -0.1) is 0 Å². The molecule has 23 heavy (non-hydrogen) atoms. The minimum Gasteiger partial charge on any atom is -0.388 e. The summed E-state index contributed by atoms with van der Waals surface area (Å²) in [6.07, 6.45) is -2.01. The smallest absolute Gasteiger partial charge is 0.123 e. The van der Waals surface area contributed by atoms with Gasteiger partial charge < -0.3 is 19.5 Å². The van der Waals surface area contributed by atoms with Crippen LogP contribution >= 0.6 is 0 Å². The van der Waals surface area contributed by atoms with E-state index < -0.39 is 29.9 Å². The van der Waals surface area contributed by atoms with Crippen molar-refractivity contribution in [2.24, 2.45) is 0 Å². The number of rotatable bonds is 1. The van der Waals surface area contributed by atoms with Gasteiger partial charge in [0, 0.05) is 21.8 Å². The molecule has 1 aliphatic rings. The Balaban J connectivity index is 2.04. The molecule has 120 valence electrons. The van der Waals surface area contributed by atoms with E-state index >= 15 is 0 Å². The maximum absolute atomic E-state index is 13.6. The van der Waals surface area contributed by atoms with Crippen LogP contribution in [-0.2, 0) is 4.74 Å². The second-order valence-electron chi connectivity index (χ2n) is 5.86. The van der Waals surface area contributed by atoms with Crippen molar-refractivity contribution in [3.8, 4) is 0 Å². The third-order valence-corrected chi connectivity index (χ3v) is 4.42. The fourth-order valence-electron chi connectivity index (χ4n) is 3.35. The fraction of sp³-hybridized carbons (Fsp3) is 0.294. The van der Waals surface area contributed by atoms with E-state index in [1.165, 1.54) is 24.3 Å². The average molecular weight is 319 g/mol. The predicted molar refractivity (Wildman–Crippen MR) is 81.2 cm³/mol. The first-order valence-corrected chi connectivity index (χ1v) is 7.39. The third-order valence-electron chi connectivity index (χ3n) is 4.42. The van der Waals surface area contributed by atoms with Crippen molar-refractivity contribution in [1.29, 1.82) is 0 Å². The Kier molecular flexibility index (Phi) is 3.33. The normalized spacial score (nSPS) is 25.3. The van der Waals surface area contributed by atoms with Crippen LogP contribution in [-0.4, -0.2) is 40.2 Å². The van der Waals surface area contributed by atoms with Crippen LogP contribution in [0.4, 0.5) is 8.78 Å². The highest BCUT2D eigenvalue weighted by Gasteiger charge is 2.34. The third kappa shape index (κ3) is 2.22. The summed E-state index contributed by atoms with van der Waals surface area (Å²) in [4.78, 5) is 0. The highest BCUT2D eigenvalue weighted by molar-refractivity contribution is 6.08. The molecule has 3 atom stereocenters.